The molecule has 2 aromatic rings. The van der Waals surface area contributed by atoms with E-state index in [9.17, 15) is 32.3 Å². The number of carboxylic acid groups (broad SMARTS) is 3. The van der Waals surface area contributed by atoms with Crippen molar-refractivity contribution in [1.29, 1.82) is 5.41 Å². The minimum Gasteiger partial charge on any atom is -0.481 e. The van der Waals surface area contributed by atoms with Gasteiger partial charge in [-0.15, -0.1) is 0 Å². The van der Waals surface area contributed by atoms with Gasteiger partial charge in [-0.05, 0) is 36.4 Å². The monoisotopic (exact) mass is 546 g/mol. The molecule has 13 nitrogen and oxygen atoms in total. The molecule has 0 aliphatic rings. The molecule has 0 saturated heterocycles. The summed E-state index contributed by atoms with van der Waals surface area (Å²) < 4.78 is 47.0. The standard InChI is InChI=1S/C20H20N2O9.C2HF3O2/c1-10(19(27)31-15(18(25)26)9-16(23)24)8-13-6-7-14(29-13)20(28)30-12-4-2-11(3-5-12)17(21)22;3-2(4,5)1(6)7/h2-7,10,15H,8-9H2,1H3,(H3,21,22)(H,23,24)(H,25,26);(H,6,7). The van der Waals surface area contributed by atoms with E-state index in [1.54, 1.807) is 0 Å². The Kier molecular flexibility index (Phi) is 11.0. The SMILES string of the molecule is CC(Cc1ccc(C(=O)Oc2ccc(C(=N)N)cc2)o1)C(=O)OC(CC(=O)O)C(=O)O.O=C(O)C(F)(F)F. The molecular formula is C22H21F3N2O11. The summed E-state index contributed by atoms with van der Waals surface area (Å²) in [6.45, 7) is 1.44. The molecule has 2 unspecified atom stereocenters. The lowest BCUT2D eigenvalue weighted by molar-refractivity contribution is -0.192. The van der Waals surface area contributed by atoms with E-state index in [4.69, 9.17) is 45.1 Å². The van der Waals surface area contributed by atoms with Crippen LogP contribution in [0.4, 0.5) is 13.2 Å². The van der Waals surface area contributed by atoms with Gasteiger partial charge in [-0.2, -0.15) is 13.2 Å². The number of furan rings is 1. The van der Waals surface area contributed by atoms with Gasteiger partial charge in [-0.1, -0.05) is 6.92 Å². The van der Waals surface area contributed by atoms with Gasteiger partial charge < -0.3 is 34.9 Å². The second-order valence-corrected chi connectivity index (χ2v) is 7.36. The zero-order valence-electron chi connectivity index (χ0n) is 19.4. The van der Waals surface area contributed by atoms with Crippen molar-refractivity contribution in [3.63, 3.8) is 0 Å². The lowest BCUT2D eigenvalue weighted by atomic mass is 10.1. The summed E-state index contributed by atoms with van der Waals surface area (Å²) in [5.74, 6) is -8.10. The average molecular weight is 546 g/mol. The summed E-state index contributed by atoms with van der Waals surface area (Å²) in [5.41, 5.74) is 5.82. The lowest BCUT2D eigenvalue weighted by Crippen LogP contribution is -2.32. The van der Waals surface area contributed by atoms with Crippen LogP contribution in [0, 0.1) is 11.3 Å². The number of hydrogen-bond donors (Lipinski definition) is 5. The van der Waals surface area contributed by atoms with Crippen LogP contribution in [0.5, 0.6) is 5.75 Å². The van der Waals surface area contributed by atoms with Crippen LogP contribution >= 0.6 is 0 Å². The van der Waals surface area contributed by atoms with Crippen molar-refractivity contribution >= 4 is 35.7 Å². The highest BCUT2D eigenvalue weighted by Crippen LogP contribution is 2.18. The fourth-order valence-electron chi connectivity index (χ4n) is 2.44. The minimum absolute atomic E-state index is 0.0150. The maximum absolute atomic E-state index is 12.2. The van der Waals surface area contributed by atoms with Crippen LogP contribution in [0.15, 0.2) is 40.8 Å². The number of carbonyl (C=O) groups excluding carboxylic acids is 2. The molecule has 1 heterocycles. The van der Waals surface area contributed by atoms with Crippen molar-refractivity contribution in [3.8, 4) is 5.75 Å². The topological polar surface area (TPSA) is 228 Å². The molecule has 0 aliphatic carbocycles. The molecule has 206 valence electrons. The molecule has 0 spiro atoms. The van der Waals surface area contributed by atoms with Gasteiger partial charge in [0.25, 0.3) is 0 Å². The molecular weight excluding hydrogens is 525 g/mol. The third kappa shape index (κ3) is 10.4. The van der Waals surface area contributed by atoms with Crippen molar-refractivity contribution in [2.75, 3.05) is 0 Å². The van der Waals surface area contributed by atoms with Crippen LogP contribution in [0.2, 0.25) is 0 Å². The first-order valence-electron chi connectivity index (χ1n) is 10.2. The van der Waals surface area contributed by atoms with E-state index in [2.05, 4.69) is 0 Å². The number of amidine groups is 1. The Morgan fingerprint density at radius 3 is 2.03 bits per heavy atom. The summed E-state index contributed by atoms with van der Waals surface area (Å²) in [7, 11) is 0. The number of halogens is 3. The zero-order valence-corrected chi connectivity index (χ0v) is 19.4. The van der Waals surface area contributed by atoms with E-state index in [1.807, 2.05) is 0 Å². The number of carboxylic acids is 3. The summed E-state index contributed by atoms with van der Waals surface area (Å²) in [6.07, 6.45) is -7.76. The maximum Gasteiger partial charge on any atom is 0.490 e. The number of ether oxygens (including phenoxy) is 2. The molecule has 0 amide bonds. The summed E-state index contributed by atoms with van der Waals surface area (Å²) >= 11 is 0. The van der Waals surface area contributed by atoms with Crippen LogP contribution < -0.4 is 10.5 Å². The molecule has 38 heavy (non-hydrogen) atoms. The summed E-state index contributed by atoms with van der Waals surface area (Å²) in [6, 6.07) is 8.76. The normalized spacial score (nSPS) is 12.2. The van der Waals surface area contributed by atoms with Crippen molar-refractivity contribution in [1.82, 2.24) is 0 Å². The predicted molar refractivity (Wildman–Crippen MR) is 117 cm³/mol. The molecule has 6 N–H and O–H groups in total. The quantitative estimate of drug-likeness (QED) is 0.125. The van der Waals surface area contributed by atoms with Crippen LogP contribution in [-0.4, -0.2) is 63.3 Å². The van der Waals surface area contributed by atoms with Crippen LogP contribution in [-0.2, 0) is 30.3 Å². The largest absolute Gasteiger partial charge is 0.490 e. The molecule has 0 saturated carbocycles. The van der Waals surface area contributed by atoms with E-state index in [0.717, 1.165) is 0 Å². The first-order chi connectivity index (χ1) is 17.5. The Bertz CT molecular complexity index is 1190. The van der Waals surface area contributed by atoms with Crippen LogP contribution in [0.25, 0.3) is 0 Å². The molecule has 0 radical (unpaired) electrons. The van der Waals surface area contributed by atoms with Gasteiger partial charge in [-0.3, -0.25) is 15.0 Å². The van der Waals surface area contributed by atoms with Crippen LogP contribution in [0.3, 0.4) is 0 Å². The number of benzene rings is 1. The van der Waals surface area contributed by atoms with Gasteiger partial charge in [0.2, 0.25) is 11.9 Å². The highest BCUT2D eigenvalue weighted by atomic mass is 19.4. The maximum atomic E-state index is 12.2. The minimum atomic E-state index is -5.08. The second-order valence-electron chi connectivity index (χ2n) is 7.36. The number of alkyl halides is 3. The molecule has 16 heteroatoms. The number of nitrogens with one attached hydrogen (secondary N) is 1. The number of nitrogens with two attached hydrogens (primary N) is 1. The van der Waals surface area contributed by atoms with Gasteiger partial charge in [0, 0.05) is 12.0 Å². The number of hydrogen-bond acceptors (Lipinski definition) is 9. The molecule has 0 aliphatic heterocycles. The fraction of sp³-hybridized carbons (Fsp3) is 0.273. The van der Waals surface area contributed by atoms with Crippen molar-refractivity contribution < 1.29 is 66.4 Å². The molecule has 0 bridgehead atoms. The van der Waals surface area contributed by atoms with Gasteiger partial charge in [0.15, 0.2) is 0 Å². The third-order valence-electron chi connectivity index (χ3n) is 4.28. The summed E-state index contributed by atoms with van der Waals surface area (Å²) in [4.78, 5) is 54.8. The fourth-order valence-corrected chi connectivity index (χ4v) is 2.44. The molecule has 2 rings (SSSR count). The Balaban J connectivity index is 0.000000905. The molecule has 2 atom stereocenters. The van der Waals surface area contributed by atoms with E-state index >= 15 is 0 Å². The highest BCUT2D eigenvalue weighted by Gasteiger charge is 2.38. The third-order valence-corrected chi connectivity index (χ3v) is 4.28. The lowest BCUT2D eigenvalue weighted by Gasteiger charge is -2.15. The predicted octanol–water partition coefficient (Wildman–Crippen LogP) is 2.07. The first kappa shape index (κ1) is 31.1. The van der Waals surface area contributed by atoms with Gasteiger partial charge in [0.1, 0.15) is 17.3 Å². The van der Waals surface area contributed by atoms with E-state index in [1.165, 1.54) is 43.3 Å². The van der Waals surface area contributed by atoms with Gasteiger partial charge >= 0.3 is 36.0 Å². The number of nitrogen functional groups attached to an aromatic ring is 1. The van der Waals surface area contributed by atoms with E-state index in [0.29, 0.717) is 5.56 Å². The molecule has 1 aromatic heterocycles. The number of carbonyl (C=O) groups is 5. The molecule has 0 fully saturated rings. The Morgan fingerprint density at radius 2 is 1.58 bits per heavy atom. The number of rotatable bonds is 10. The second kappa shape index (κ2) is 13.4. The first-order valence-corrected chi connectivity index (χ1v) is 10.2. The zero-order chi connectivity index (χ0) is 29.2. The Morgan fingerprint density at radius 1 is 1.03 bits per heavy atom. The Labute approximate surface area is 211 Å². The van der Waals surface area contributed by atoms with E-state index < -0.39 is 54.5 Å². The van der Waals surface area contributed by atoms with Crippen LogP contribution in [0.1, 0.15) is 35.2 Å². The van der Waals surface area contributed by atoms with Crippen molar-refractivity contribution in [2.24, 2.45) is 11.7 Å². The van der Waals surface area contributed by atoms with Gasteiger partial charge in [0.05, 0.1) is 12.3 Å². The van der Waals surface area contributed by atoms with Gasteiger partial charge in [-0.25, -0.2) is 14.4 Å². The Hall–Kier alpha value is -4.89. The molecule has 1 aromatic carbocycles. The smallest absolute Gasteiger partial charge is 0.481 e. The average Bonchev–Trinajstić information content (AvgIpc) is 3.27. The van der Waals surface area contributed by atoms with Crippen molar-refractivity contribution in [2.45, 2.75) is 32.0 Å². The summed E-state index contributed by atoms with van der Waals surface area (Å²) in [5, 5.41) is 32.1. The number of aliphatic carboxylic acids is 3. The van der Waals surface area contributed by atoms with Crippen molar-refractivity contribution in [3.05, 3.63) is 53.5 Å². The number of esters is 2. The highest BCUT2D eigenvalue weighted by molar-refractivity contribution is 5.95. The van der Waals surface area contributed by atoms with E-state index in [-0.39, 0.29) is 29.5 Å².